The van der Waals surface area contributed by atoms with Crippen molar-refractivity contribution in [1.82, 2.24) is 10.2 Å². The fraction of sp³-hybridized carbons (Fsp3) is 0.529. The smallest absolute Gasteiger partial charge is 0.251 e. The Labute approximate surface area is 136 Å². The molecule has 0 radical (unpaired) electrons. The molecule has 0 spiro atoms. The molecule has 1 aliphatic heterocycles. The van der Waals surface area contributed by atoms with Gasteiger partial charge < -0.3 is 10.2 Å². The molecule has 22 heavy (non-hydrogen) atoms. The van der Waals surface area contributed by atoms with Gasteiger partial charge in [-0.25, -0.2) is 0 Å². The summed E-state index contributed by atoms with van der Waals surface area (Å²) in [7, 11) is 0. The standard InChI is InChI=1S/C17H23ClN2O2/c1-13-5-2-3-12-20(13)16(21)6-4-11-19-17(22)14-7-9-15(18)10-8-14/h7-10,13H,2-6,11-12H2,1H3,(H,19,22). The lowest BCUT2D eigenvalue weighted by Crippen LogP contribution is -2.42. The summed E-state index contributed by atoms with van der Waals surface area (Å²) in [6.07, 6.45) is 4.57. The lowest BCUT2D eigenvalue weighted by atomic mass is 10.0. The zero-order valence-electron chi connectivity index (χ0n) is 13.0. The Morgan fingerprint density at radius 2 is 2.00 bits per heavy atom. The van der Waals surface area contributed by atoms with Crippen molar-refractivity contribution in [1.29, 1.82) is 0 Å². The highest BCUT2D eigenvalue weighted by atomic mass is 35.5. The molecule has 1 aromatic rings. The quantitative estimate of drug-likeness (QED) is 0.846. The molecule has 4 nitrogen and oxygen atoms in total. The molecular formula is C17H23ClN2O2. The van der Waals surface area contributed by atoms with Crippen LogP contribution in [0.5, 0.6) is 0 Å². The molecule has 1 aromatic carbocycles. The highest BCUT2D eigenvalue weighted by Crippen LogP contribution is 2.17. The van der Waals surface area contributed by atoms with E-state index in [-0.39, 0.29) is 11.8 Å². The Kier molecular flexibility index (Phi) is 6.25. The van der Waals surface area contributed by atoms with Crippen LogP contribution in [0.15, 0.2) is 24.3 Å². The first kappa shape index (κ1) is 16.8. The zero-order valence-corrected chi connectivity index (χ0v) is 13.7. The van der Waals surface area contributed by atoms with Gasteiger partial charge in [0.15, 0.2) is 0 Å². The van der Waals surface area contributed by atoms with Gasteiger partial charge in [-0.1, -0.05) is 11.6 Å². The van der Waals surface area contributed by atoms with Crippen LogP contribution in [0.4, 0.5) is 0 Å². The summed E-state index contributed by atoms with van der Waals surface area (Å²) in [4.78, 5) is 26.0. The van der Waals surface area contributed by atoms with Gasteiger partial charge in [0, 0.05) is 36.1 Å². The molecule has 1 heterocycles. The largest absolute Gasteiger partial charge is 0.352 e. The summed E-state index contributed by atoms with van der Waals surface area (Å²) >= 11 is 5.79. The first-order valence-corrected chi connectivity index (χ1v) is 8.29. The molecule has 0 aromatic heterocycles. The fourth-order valence-electron chi connectivity index (χ4n) is 2.76. The van der Waals surface area contributed by atoms with Gasteiger partial charge in [0.1, 0.15) is 0 Å². The van der Waals surface area contributed by atoms with E-state index in [9.17, 15) is 9.59 Å². The minimum absolute atomic E-state index is 0.129. The van der Waals surface area contributed by atoms with Crippen molar-refractivity contribution < 1.29 is 9.59 Å². The van der Waals surface area contributed by atoms with Gasteiger partial charge in [0.05, 0.1) is 0 Å². The molecule has 1 fully saturated rings. The summed E-state index contributed by atoms with van der Waals surface area (Å²) in [5.74, 6) is 0.0726. The number of hydrogen-bond donors (Lipinski definition) is 1. The maximum absolute atomic E-state index is 12.2. The first-order valence-electron chi connectivity index (χ1n) is 7.91. The average molecular weight is 323 g/mol. The highest BCUT2D eigenvalue weighted by molar-refractivity contribution is 6.30. The van der Waals surface area contributed by atoms with Gasteiger partial charge in [-0.05, 0) is 56.9 Å². The lowest BCUT2D eigenvalue weighted by molar-refractivity contribution is -0.134. The van der Waals surface area contributed by atoms with Crippen molar-refractivity contribution in [3.63, 3.8) is 0 Å². The van der Waals surface area contributed by atoms with E-state index in [1.165, 1.54) is 6.42 Å². The fourth-order valence-corrected chi connectivity index (χ4v) is 2.88. The minimum Gasteiger partial charge on any atom is -0.352 e. The third kappa shape index (κ3) is 4.73. The molecule has 1 atom stereocenters. The summed E-state index contributed by atoms with van der Waals surface area (Å²) in [6, 6.07) is 7.12. The average Bonchev–Trinajstić information content (AvgIpc) is 2.52. The zero-order chi connectivity index (χ0) is 15.9. The maximum atomic E-state index is 12.2. The van der Waals surface area contributed by atoms with Crippen molar-refractivity contribution in [2.45, 2.75) is 45.1 Å². The predicted molar refractivity (Wildman–Crippen MR) is 88.0 cm³/mol. The number of rotatable bonds is 5. The first-order chi connectivity index (χ1) is 10.6. The number of halogens is 1. The van der Waals surface area contributed by atoms with Gasteiger partial charge >= 0.3 is 0 Å². The number of carbonyl (C=O) groups excluding carboxylic acids is 2. The Balaban J connectivity index is 1.69. The van der Waals surface area contributed by atoms with Crippen molar-refractivity contribution >= 4 is 23.4 Å². The number of nitrogens with one attached hydrogen (secondary N) is 1. The number of amides is 2. The Morgan fingerprint density at radius 3 is 2.68 bits per heavy atom. The van der Waals surface area contributed by atoms with Crippen LogP contribution >= 0.6 is 11.6 Å². The number of carbonyl (C=O) groups is 2. The van der Waals surface area contributed by atoms with Gasteiger partial charge in [0.2, 0.25) is 5.91 Å². The van der Waals surface area contributed by atoms with E-state index in [0.29, 0.717) is 36.0 Å². The molecule has 1 unspecified atom stereocenters. The molecule has 2 amide bonds. The van der Waals surface area contributed by atoms with Gasteiger partial charge in [-0.15, -0.1) is 0 Å². The van der Waals surface area contributed by atoms with Crippen LogP contribution in [0.3, 0.4) is 0 Å². The number of likely N-dealkylation sites (tertiary alicyclic amines) is 1. The lowest BCUT2D eigenvalue weighted by Gasteiger charge is -2.33. The number of nitrogens with zero attached hydrogens (tertiary/aromatic N) is 1. The number of benzene rings is 1. The molecule has 1 aliphatic rings. The van der Waals surface area contributed by atoms with Crippen LogP contribution in [0.25, 0.3) is 0 Å². The van der Waals surface area contributed by atoms with Crippen molar-refractivity contribution in [2.75, 3.05) is 13.1 Å². The molecule has 0 saturated carbocycles. The molecular weight excluding hydrogens is 300 g/mol. The molecule has 2 rings (SSSR count). The second kappa shape index (κ2) is 8.18. The van der Waals surface area contributed by atoms with Crippen LogP contribution in [0.2, 0.25) is 5.02 Å². The minimum atomic E-state index is -0.129. The monoisotopic (exact) mass is 322 g/mol. The Bertz CT molecular complexity index is 516. The van der Waals surface area contributed by atoms with Crippen LogP contribution in [0, 0.1) is 0 Å². The van der Waals surface area contributed by atoms with Crippen molar-refractivity contribution in [2.24, 2.45) is 0 Å². The molecule has 5 heteroatoms. The van der Waals surface area contributed by atoms with Crippen molar-refractivity contribution in [3.05, 3.63) is 34.9 Å². The van der Waals surface area contributed by atoms with E-state index in [4.69, 9.17) is 11.6 Å². The summed E-state index contributed by atoms with van der Waals surface area (Å²) < 4.78 is 0. The van der Waals surface area contributed by atoms with Crippen LogP contribution < -0.4 is 5.32 Å². The maximum Gasteiger partial charge on any atom is 0.251 e. The van der Waals surface area contributed by atoms with Crippen LogP contribution in [-0.2, 0) is 4.79 Å². The van der Waals surface area contributed by atoms with E-state index in [1.807, 2.05) is 4.90 Å². The number of hydrogen-bond acceptors (Lipinski definition) is 2. The molecule has 0 bridgehead atoms. The second-order valence-corrected chi connectivity index (χ2v) is 6.23. The SMILES string of the molecule is CC1CCCCN1C(=O)CCCNC(=O)c1ccc(Cl)cc1. The molecule has 0 aliphatic carbocycles. The third-order valence-corrected chi connectivity index (χ3v) is 4.33. The van der Waals surface area contributed by atoms with Gasteiger partial charge in [0.25, 0.3) is 5.91 Å². The van der Waals surface area contributed by atoms with E-state index < -0.39 is 0 Å². The van der Waals surface area contributed by atoms with E-state index >= 15 is 0 Å². The summed E-state index contributed by atoms with van der Waals surface area (Å²) in [5, 5.41) is 3.44. The molecule has 1 N–H and O–H groups in total. The van der Waals surface area contributed by atoms with Gasteiger partial charge in [-0.3, -0.25) is 9.59 Å². The van der Waals surface area contributed by atoms with Crippen molar-refractivity contribution in [3.8, 4) is 0 Å². The predicted octanol–water partition coefficient (Wildman–Crippen LogP) is 3.25. The van der Waals surface area contributed by atoms with E-state index in [1.54, 1.807) is 24.3 Å². The topological polar surface area (TPSA) is 49.4 Å². The third-order valence-electron chi connectivity index (χ3n) is 4.08. The molecule has 120 valence electrons. The Hall–Kier alpha value is -1.55. The van der Waals surface area contributed by atoms with Crippen LogP contribution in [0.1, 0.15) is 49.4 Å². The normalized spacial score (nSPS) is 18.1. The number of piperidine rings is 1. The van der Waals surface area contributed by atoms with Crippen LogP contribution in [-0.4, -0.2) is 35.8 Å². The van der Waals surface area contributed by atoms with E-state index in [0.717, 1.165) is 19.4 Å². The molecule has 1 saturated heterocycles. The van der Waals surface area contributed by atoms with Gasteiger partial charge in [-0.2, -0.15) is 0 Å². The summed E-state index contributed by atoms with van der Waals surface area (Å²) in [6.45, 7) is 3.49. The Morgan fingerprint density at radius 1 is 1.27 bits per heavy atom. The highest BCUT2D eigenvalue weighted by Gasteiger charge is 2.22. The van der Waals surface area contributed by atoms with E-state index in [2.05, 4.69) is 12.2 Å². The second-order valence-electron chi connectivity index (χ2n) is 5.80. The summed E-state index contributed by atoms with van der Waals surface area (Å²) in [5.41, 5.74) is 0.584.